The lowest BCUT2D eigenvalue weighted by Crippen LogP contribution is -2.27. The number of allylic oxidation sites excluding steroid dienone is 2. The molecule has 49 heavy (non-hydrogen) atoms. The number of aliphatic hydroxyl groups is 1. The van der Waals surface area contributed by atoms with Gasteiger partial charge in [-0.25, -0.2) is 0 Å². The molecule has 0 saturated carbocycles. The lowest BCUT2D eigenvalue weighted by molar-refractivity contribution is -0.154. The van der Waals surface area contributed by atoms with Crippen molar-refractivity contribution < 1.29 is 19.4 Å². The highest BCUT2D eigenvalue weighted by Gasteiger charge is 2.13. The van der Waals surface area contributed by atoms with Crippen LogP contribution in [0.5, 0.6) is 0 Å². The molecule has 1 N–H and O–H groups in total. The number of carbonyl (C=O) groups excluding carboxylic acids is 1. The molecular weight excluding hydrogens is 604 g/mol. The van der Waals surface area contributed by atoms with Crippen molar-refractivity contribution in [3.63, 3.8) is 0 Å². The molecule has 4 nitrogen and oxygen atoms in total. The number of ether oxygens (including phenoxy) is 2. The Morgan fingerprint density at radius 3 is 1.16 bits per heavy atom. The highest BCUT2D eigenvalue weighted by molar-refractivity contribution is 5.69. The van der Waals surface area contributed by atoms with E-state index in [1.165, 1.54) is 205 Å². The lowest BCUT2D eigenvalue weighted by Gasteiger charge is -2.16. The van der Waals surface area contributed by atoms with Crippen molar-refractivity contribution in [2.75, 3.05) is 19.8 Å². The van der Waals surface area contributed by atoms with Gasteiger partial charge in [0.1, 0.15) is 6.10 Å². The predicted molar refractivity (Wildman–Crippen MR) is 214 cm³/mol. The van der Waals surface area contributed by atoms with Crippen molar-refractivity contribution in [2.45, 2.75) is 251 Å². The highest BCUT2D eigenvalue weighted by Crippen LogP contribution is 2.15. The maximum atomic E-state index is 12.2. The minimum Gasteiger partial charge on any atom is -0.457 e. The van der Waals surface area contributed by atoms with Gasteiger partial charge in [0.25, 0.3) is 0 Å². The Hall–Kier alpha value is -0.870. The van der Waals surface area contributed by atoms with E-state index in [0.717, 1.165) is 19.3 Å². The van der Waals surface area contributed by atoms with Crippen LogP contribution in [-0.2, 0) is 14.3 Å². The van der Waals surface area contributed by atoms with Crippen molar-refractivity contribution in [2.24, 2.45) is 0 Å². The van der Waals surface area contributed by atoms with E-state index in [4.69, 9.17) is 9.47 Å². The highest BCUT2D eigenvalue weighted by atomic mass is 16.6. The molecule has 1 atom stereocenters. The van der Waals surface area contributed by atoms with Crippen LogP contribution in [0.25, 0.3) is 0 Å². The molecule has 292 valence electrons. The van der Waals surface area contributed by atoms with Crippen LogP contribution in [0.1, 0.15) is 245 Å². The van der Waals surface area contributed by atoms with Gasteiger partial charge in [0.15, 0.2) is 0 Å². The molecule has 0 radical (unpaired) electrons. The largest absolute Gasteiger partial charge is 0.457 e. The Balaban J connectivity index is 3.37. The van der Waals surface area contributed by atoms with Crippen molar-refractivity contribution in [1.29, 1.82) is 0 Å². The van der Waals surface area contributed by atoms with E-state index in [1.807, 2.05) is 0 Å². The second-order valence-corrected chi connectivity index (χ2v) is 15.1. The summed E-state index contributed by atoms with van der Waals surface area (Å²) in [7, 11) is 0. The van der Waals surface area contributed by atoms with E-state index in [2.05, 4.69) is 26.0 Å². The van der Waals surface area contributed by atoms with Gasteiger partial charge in [0.2, 0.25) is 0 Å². The topological polar surface area (TPSA) is 55.8 Å². The Kier molecular flexibility index (Phi) is 42.5. The first-order chi connectivity index (χ1) is 24.2. The summed E-state index contributed by atoms with van der Waals surface area (Å²) in [6.45, 7) is 5.39. The number of esters is 1. The SMILES string of the molecule is CCCCCCCCCC/C=C\CCCCCCCCCCCCCC(=O)OC(CO)COCCCCCCCCCCCCCCCC. The summed E-state index contributed by atoms with van der Waals surface area (Å²) in [5.41, 5.74) is 0. The van der Waals surface area contributed by atoms with Gasteiger partial charge in [-0.1, -0.05) is 212 Å². The average Bonchev–Trinajstić information content (AvgIpc) is 3.11. The van der Waals surface area contributed by atoms with Crippen molar-refractivity contribution in [3.8, 4) is 0 Å². The van der Waals surface area contributed by atoms with Crippen molar-refractivity contribution in [3.05, 3.63) is 12.2 Å². The van der Waals surface area contributed by atoms with E-state index in [0.29, 0.717) is 19.6 Å². The second-order valence-electron chi connectivity index (χ2n) is 15.1. The monoisotopic (exact) mass is 693 g/mol. The van der Waals surface area contributed by atoms with Crippen LogP contribution in [0, 0.1) is 0 Å². The molecule has 0 bridgehead atoms. The summed E-state index contributed by atoms with van der Waals surface area (Å²) in [4.78, 5) is 12.2. The molecule has 0 rings (SSSR count). The average molecular weight is 693 g/mol. The zero-order valence-electron chi connectivity index (χ0n) is 33.5. The van der Waals surface area contributed by atoms with Crippen LogP contribution in [0.15, 0.2) is 12.2 Å². The van der Waals surface area contributed by atoms with E-state index in [9.17, 15) is 9.90 Å². The smallest absolute Gasteiger partial charge is 0.306 e. The fourth-order valence-electron chi connectivity index (χ4n) is 6.74. The molecule has 0 fully saturated rings. The van der Waals surface area contributed by atoms with Crippen LogP contribution in [0.2, 0.25) is 0 Å². The molecule has 0 aliphatic rings. The summed E-state index contributed by atoms with van der Waals surface area (Å²) < 4.78 is 11.2. The minimum atomic E-state index is -0.528. The Bertz CT molecular complexity index is 648. The zero-order valence-corrected chi connectivity index (χ0v) is 33.5. The molecule has 0 aromatic carbocycles. The fourth-order valence-corrected chi connectivity index (χ4v) is 6.74. The molecule has 1 unspecified atom stereocenters. The quantitative estimate of drug-likeness (QED) is 0.0393. The van der Waals surface area contributed by atoms with Gasteiger partial charge in [-0.3, -0.25) is 4.79 Å². The van der Waals surface area contributed by atoms with Crippen molar-refractivity contribution >= 4 is 5.97 Å². The first kappa shape index (κ1) is 48.1. The van der Waals surface area contributed by atoms with Crippen LogP contribution in [0.4, 0.5) is 0 Å². The molecule has 0 amide bonds. The maximum Gasteiger partial charge on any atom is 0.306 e. The summed E-state index contributed by atoms with van der Waals surface area (Å²) in [6.07, 6.45) is 51.3. The molecule has 0 spiro atoms. The first-order valence-corrected chi connectivity index (χ1v) is 22.3. The molecule has 0 aliphatic carbocycles. The van der Waals surface area contributed by atoms with Gasteiger partial charge >= 0.3 is 5.97 Å². The van der Waals surface area contributed by atoms with Gasteiger partial charge in [-0.15, -0.1) is 0 Å². The van der Waals surface area contributed by atoms with E-state index in [-0.39, 0.29) is 12.6 Å². The number of hydrogen-bond donors (Lipinski definition) is 1. The summed E-state index contributed by atoms with van der Waals surface area (Å²) in [6, 6.07) is 0. The third kappa shape index (κ3) is 41.4. The number of rotatable bonds is 42. The second kappa shape index (κ2) is 43.3. The molecule has 0 heterocycles. The van der Waals surface area contributed by atoms with Gasteiger partial charge < -0.3 is 14.6 Å². The zero-order chi connectivity index (χ0) is 35.6. The standard InChI is InChI=1S/C45H88O4/c1-3-5-7-9-11-13-15-17-19-20-21-22-23-24-25-26-27-28-30-32-34-36-38-40-45(47)49-44(42-46)43-48-41-39-37-35-33-31-29-18-16-14-12-10-8-6-4-2/h20-21,44,46H,3-19,22-43H2,1-2H3/b21-20-. The van der Waals surface area contributed by atoms with Gasteiger partial charge in [-0.2, -0.15) is 0 Å². The van der Waals surface area contributed by atoms with Crippen molar-refractivity contribution in [1.82, 2.24) is 0 Å². The summed E-state index contributed by atoms with van der Waals surface area (Å²) >= 11 is 0. The third-order valence-corrected chi connectivity index (χ3v) is 10.1. The minimum absolute atomic E-state index is 0.166. The maximum absolute atomic E-state index is 12.2. The summed E-state index contributed by atoms with van der Waals surface area (Å²) in [5.74, 6) is -0.196. The van der Waals surface area contributed by atoms with Gasteiger partial charge in [0.05, 0.1) is 13.2 Å². The number of hydrogen-bond acceptors (Lipinski definition) is 4. The Labute approximate surface area is 307 Å². The molecule has 0 saturated heterocycles. The molecular formula is C45H88O4. The van der Waals surface area contributed by atoms with E-state index < -0.39 is 6.10 Å². The van der Waals surface area contributed by atoms with Crippen LogP contribution < -0.4 is 0 Å². The molecule has 4 heteroatoms. The normalized spacial score (nSPS) is 12.3. The first-order valence-electron chi connectivity index (χ1n) is 22.3. The number of carbonyl (C=O) groups is 1. The third-order valence-electron chi connectivity index (χ3n) is 10.1. The van der Waals surface area contributed by atoms with Gasteiger partial charge in [0, 0.05) is 13.0 Å². The van der Waals surface area contributed by atoms with E-state index >= 15 is 0 Å². The molecule has 0 aromatic rings. The van der Waals surface area contributed by atoms with Gasteiger partial charge in [-0.05, 0) is 38.5 Å². The number of aliphatic hydroxyl groups excluding tert-OH is 1. The summed E-state index contributed by atoms with van der Waals surface area (Å²) in [5, 5.41) is 9.60. The van der Waals surface area contributed by atoms with E-state index in [1.54, 1.807) is 0 Å². The predicted octanol–water partition coefficient (Wildman–Crippen LogP) is 14.5. The fraction of sp³-hybridized carbons (Fsp3) is 0.933. The Morgan fingerprint density at radius 1 is 0.469 bits per heavy atom. The van der Waals surface area contributed by atoms with Crippen LogP contribution in [0.3, 0.4) is 0 Å². The van der Waals surface area contributed by atoms with Crippen LogP contribution in [-0.4, -0.2) is 37.0 Å². The molecule has 0 aromatic heterocycles. The molecule has 0 aliphatic heterocycles. The number of unbranched alkanes of at least 4 members (excludes halogenated alkanes) is 32. The lowest BCUT2D eigenvalue weighted by atomic mass is 10.0. The van der Waals surface area contributed by atoms with Crippen LogP contribution >= 0.6 is 0 Å². The Morgan fingerprint density at radius 2 is 0.796 bits per heavy atom.